The van der Waals surface area contributed by atoms with Gasteiger partial charge in [0.1, 0.15) is 5.75 Å². The van der Waals surface area contributed by atoms with E-state index in [1.54, 1.807) is 19.2 Å². The summed E-state index contributed by atoms with van der Waals surface area (Å²) in [5.74, 6) is 0.503. The molecule has 2 aliphatic rings. The van der Waals surface area contributed by atoms with Gasteiger partial charge in [-0.2, -0.15) is 4.31 Å². The van der Waals surface area contributed by atoms with E-state index in [0.29, 0.717) is 38.4 Å². The molecule has 2 aromatic rings. The Morgan fingerprint density at radius 1 is 1.06 bits per heavy atom. The number of rotatable bonds is 8. The summed E-state index contributed by atoms with van der Waals surface area (Å²) in [5.41, 5.74) is 2.20. The molecule has 2 aromatic carbocycles. The molecule has 2 aliphatic heterocycles. The van der Waals surface area contributed by atoms with Crippen molar-refractivity contribution in [1.29, 1.82) is 0 Å². The molecule has 2 fully saturated rings. The van der Waals surface area contributed by atoms with E-state index in [0.717, 1.165) is 42.8 Å². The predicted octanol–water partition coefficient (Wildman–Crippen LogP) is 2.59. The van der Waals surface area contributed by atoms with Crippen LogP contribution in [0.25, 0.3) is 0 Å². The molecule has 0 spiro atoms. The second kappa shape index (κ2) is 10.9. The molecule has 8 nitrogen and oxygen atoms in total. The second-order valence-corrected chi connectivity index (χ2v) is 10.7. The van der Waals surface area contributed by atoms with E-state index in [1.807, 2.05) is 31.2 Å². The number of carbonyl (C=O) groups is 1. The van der Waals surface area contributed by atoms with Crippen LogP contribution < -0.4 is 10.1 Å². The number of hydrogen-bond acceptors (Lipinski definition) is 6. The van der Waals surface area contributed by atoms with Crippen LogP contribution in [0.1, 0.15) is 40.4 Å². The number of benzene rings is 2. The number of aryl methyl sites for hydroxylation is 1. The average Bonchev–Trinajstić information content (AvgIpc) is 3.41. The summed E-state index contributed by atoms with van der Waals surface area (Å²) in [6.45, 7) is 6.12. The van der Waals surface area contributed by atoms with Crippen molar-refractivity contribution in [1.82, 2.24) is 14.5 Å². The van der Waals surface area contributed by atoms with Crippen LogP contribution in [0.5, 0.6) is 5.75 Å². The van der Waals surface area contributed by atoms with Crippen LogP contribution in [0.2, 0.25) is 0 Å². The van der Waals surface area contributed by atoms with Crippen molar-refractivity contribution in [2.75, 3.05) is 53.0 Å². The summed E-state index contributed by atoms with van der Waals surface area (Å²) < 4.78 is 38.3. The molecule has 1 amide bonds. The lowest BCUT2D eigenvalue weighted by molar-refractivity contribution is 0.0162. The fourth-order valence-corrected chi connectivity index (χ4v) is 6.09. The maximum absolute atomic E-state index is 13.2. The van der Waals surface area contributed by atoms with Gasteiger partial charge < -0.3 is 14.8 Å². The summed E-state index contributed by atoms with van der Waals surface area (Å²) in [6.07, 6.45) is 1.74. The lowest BCUT2D eigenvalue weighted by Gasteiger charge is -2.35. The fourth-order valence-electron chi connectivity index (χ4n) is 4.54. The van der Waals surface area contributed by atoms with Gasteiger partial charge in [0, 0.05) is 38.3 Å². The molecular formula is C25H33N3O5S. The third kappa shape index (κ3) is 5.43. The van der Waals surface area contributed by atoms with E-state index in [-0.39, 0.29) is 16.8 Å². The van der Waals surface area contributed by atoms with Gasteiger partial charge in [-0.1, -0.05) is 18.2 Å². The first-order chi connectivity index (χ1) is 16.4. The molecule has 34 heavy (non-hydrogen) atoms. The molecule has 0 radical (unpaired) electrons. The summed E-state index contributed by atoms with van der Waals surface area (Å²) in [5, 5.41) is 3.05. The molecule has 0 unspecified atom stereocenters. The number of morpholine rings is 1. The third-order valence-electron chi connectivity index (χ3n) is 6.60. The van der Waals surface area contributed by atoms with Crippen LogP contribution in [0.3, 0.4) is 0 Å². The Hall–Kier alpha value is -2.46. The quantitative estimate of drug-likeness (QED) is 0.616. The molecule has 0 bridgehead atoms. The first-order valence-electron chi connectivity index (χ1n) is 11.7. The summed E-state index contributed by atoms with van der Waals surface area (Å²) in [6, 6.07) is 12.6. The van der Waals surface area contributed by atoms with E-state index < -0.39 is 10.0 Å². The minimum atomic E-state index is -3.59. The number of sulfonamides is 1. The highest BCUT2D eigenvalue weighted by Crippen LogP contribution is 2.25. The van der Waals surface area contributed by atoms with Crippen molar-refractivity contribution in [2.24, 2.45) is 0 Å². The first kappa shape index (κ1) is 24.7. The van der Waals surface area contributed by atoms with E-state index in [1.165, 1.54) is 10.4 Å². The van der Waals surface area contributed by atoms with Crippen LogP contribution in [0, 0.1) is 6.92 Å². The molecule has 1 atom stereocenters. The summed E-state index contributed by atoms with van der Waals surface area (Å²) >= 11 is 0. The van der Waals surface area contributed by atoms with Gasteiger partial charge in [0.2, 0.25) is 10.0 Å². The zero-order valence-corrected chi connectivity index (χ0v) is 20.6. The number of hydrogen-bond donors (Lipinski definition) is 1. The Kier molecular flexibility index (Phi) is 7.88. The molecule has 0 aromatic heterocycles. The molecular weight excluding hydrogens is 454 g/mol. The lowest BCUT2D eigenvalue weighted by Crippen LogP contribution is -2.43. The number of ether oxygens (including phenoxy) is 2. The predicted molar refractivity (Wildman–Crippen MR) is 130 cm³/mol. The van der Waals surface area contributed by atoms with Crippen molar-refractivity contribution in [3.05, 3.63) is 59.2 Å². The Bertz CT molecular complexity index is 1090. The van der Waals surface area contributed by atoms with E-state index in [2.05, 4.69) is 10.2 Å². The lowest BCUT2D eigenvalue weighted by atomic mass is 10.0. The molecule has 0 saturated carbocycles. The van der Waals surface area contributed by atoms with Gasteiger partial charge in [-0.3, -0.25) is 9.69 Å². The average molecular weight is 488 g/mol. The van der Waals surface area contributed by atoms with Gasteiger partial charge in [-0.05, 0) is 55.2 Å². The minimum absolute atomic E-state index is 0.0319. The Labute approximate surface area is 201 Å². The number of nitrogens with one attached hydrogen (secondary N) is 1. The maximum atomic E-state index is 13.2. The first-order valence-corrected chi connectivity index (χ1v) is 13.2. The minimum Gasteiger partial charge on any atom is -0.497 e. The van der Waals surface area contributed by atoms with Crippen molar-refractivity contribution in [2.45, 2.75) is 30.7 Å². The number of methoxy groups -OCH3 is 1. The van der Waals surface area contributed by atoms with E-state index >= 15 is 0 Å². The van der Waals surface area contributed by atoms with Gasteiger partial charge in [-0.15, -0.1) is 0 Å². The van der Waals surface area contributed by atoms with Crippen LogP contribution in [-0.4, -0.2) is 76.6 Å². The van der Waals surface area contributed by atoms with Crippen LogP contribution >= 0.6 is 0 Å². The van der Waals surface area contributed by atoms with Crippen molar-refractivity contribution >= 4 is 15.9 Å². The SMILES string of the molecule is COc1ccc([C@H](CNC(=O)c2cc(S(=O)(=O)N3CCCC3)ccc2C)N2CCOCC2)cc1. The zero-order valence-electron chi connectivity index (χ0n) is 19.8. The third-order valence-corrected chi connectivity index (χ3v) is 8.49. The largest absolute Gasteiger partial charge is 0.497 e. The van der Waals surface area contributed by atoms with Gasteiger partial charge >= 0.3 is 0 Å². The second-order valence-electron chi connectivity index (χ2n) is 8.74. The maximum Gasteiger partial charge on any atom is 0.251 e. The van der Waals surface area contributed by atoms with Crippen LogP contribution in [-0.2, 0) is 14.8 Å². The van der Waals surface area contributed by atoms with Crippen LogP contribution in [0.4, 0.5) is 0 Å². The highest BCUT2D eigenvalue weighted by atomic mass is 32.2. The van der Waals surface area contributed by atoms with E-state index in [4.69, 9.17) is 9.47 Å². The number of carbonyl (C=O) groups excluding carboxylic acids is 1. The van der Waals surface area contributed by atoms with Crippen LogP contribution in [0.15, 0.2) is 47.4 Å². The summed E-state index contributed by atoms with van der Waals surface area (Å²) in [4.78, 5) is 15.7. The number of nitrogens with zero attached hydrogens (tertiary/aromatic N) is 2. The van der Waals surface area contributed by atoms with E-state index in [9.17, 15) is 13.2 Å². The molecule has 1 N–H and O–H groups in total. The Morgan fingerprint density at radius 2 is 1.74 bits per heavy atom. The molecule has 2 saturated heterocycles. The molecule has 0 aliphatic carbocycles. The highest BCUT2D eigenvalue weighted by molar-refractivity contribution is 7.89. The van der Waals surface area contributed by atoms with Gasteiger partial charge in [0.15, 0.2) is 0 Å². The van der Waals surface area contributed by atoms with Gasteiger partial charge in [0.05, 0.1) is 31.3 Å². The van der Waals surface area contributed by atoms with Crippen molar-refractivity contribution < 1.29 is 22.7 Å². The van der Waals surface area contributed by atoms with Crippen molar-refractivity contribution in [3.8, 4) is 5.75 Å². The number of amides is 1. The summed E-state index contributed by atoms with van der Waals surface area (Å²) in [7, 11) is -1.96. The Balaban J connectivity index is 1.53. The Morgan fingerprint density at radius 3 is 2.38 bits per heavy atom. The highest BCUT2D eigenvalue weighted by Gasteiger charge is 2.29. The molecule has 184 valence electrons. The molecule has 9 heteroatoms. The topological polar surface area (TPSA) is 88.2 Å². The molecule has 2 heterocycles. The fraction of sp³-hybridized carbons (Fsp3) is 0.480. The standard InChI is InChI=1S/C25H33N3O5S/c1-19-5-10-22(34(30,31)28-11-3-4-12-28)17-23(19)25(29)26-18-24(27-13-15-33-16-14-27)20-6-8-21(32-2)9-7-20/h5-10,17,24H,3-4,11-16,18H2,1-2H3,(H,26,29)/t24-/m0/s1. The monoisotopic (exact) mass is 487 g/mol. The van der Waals surface area contributed by atoms with Crippen molar-refractivity contribution in [3.63, 3.8) is 0 Å². The van der Waals surface area contributed by atoms with Gasteiger partial charge in [0.25, 0.3) is 5.91 Å². The molecule has 4 rings (SSSR count). The van der Waals surface area contributed by atoms with Gasteiger partial charge in [-0.25, -0.2) is 8.42 Å². The normalized spacial score (nSPS) is 18.5. The smallest absolute Gasteiger partial charge is 0.251 e. The zero-order chi connectivity index (χ0) is 24.1.